The Labute approximate surface area is 192 Å². The van der Waals surface area contributed by atoms with Crippen molar-refractivity contribution in [2.75, 3.05) is 11.6 Å². The van der Waals surface area contributed by atoms with Gasteiger partial charge >= 0.3 is 0 Å². The first-order valence-electron chi connectivity index (χ1n) is 10.9. The second-order valence-corrected chi connectivity index (χ2v) is 26.2. The molecule has 1 fully saturated rings. The van der Waals surface area contributed by atoms with Gasteiger partial charge in [0.15, 0.2) is 39.2 Å². The van der Waals surface area contributed by atoms with E-state index in [1.165, 1.54) is 0 Å². The summed E-state index contributed by atoms with van der Waals surface area (Å²) in [5.41, 5.74) is 1.64. The number of hydrogen-bond donors (Lipinski definition) is 1. The zero-order chi connectivity index (χ0) is 22.8. The van der Waals surface area contributed by atoms with Crippen molar-refractivity contribution in [1.29, 1.82) is 0 Å². The van der Waals surface area contributed by atoms with Crippen molar-refractivity contribution in [3.05, 3.63) is 6.33 Å². The number of thioether (sulfide) groups is 1. The van der Waals surface area contributed by atoms with E-state index in [4.69, 9.17) is 18.6 Å². The zero-order valence-electron chi connectivity index (χ0n) is 20.0. The first-order chi connectivity index (χ1) is 14.2. The molecule has 2 aliphatic heterocycles. The van der Waals surface area contributed by atoms with Gasteiger partial charge in [0.1, 0.15) is 26.5 Å². The minimum absolute atomic E-state index is 0.0174. The average molecular weight is 498 g/mol. The molecule has 4 atom stereocenters. The van der Waals surface area contributed by atoms with Crippen molar-refractivity contribution in [3.8, 4) is 0 Å². The van der Waals surface area contributed by atoms with Crippen LogP contribution in [0, 0.1) is 0 Å². The molecule has 0 radical (unpaired) electrons. The quantitative estimate of drug-likeness (QED) is 0.559. The van der Waals surface area contributed by atoms with Gasteiger partial charge in [0.2, 0.25) is 0 Å². The predicted octanol–water partition coefficient (Wildman–Crippen LogP) is 4.52. The van der Waals surface area contributed by atoms with E-state index in [0.29, 0.717) is 6.61 Å². The Morgan fingerprint density at radius 1 is 1.06 bits per heavy atom. The average Bonchev–Trinajstić information content (AvgIpc) is 3.20. The Hall–Kier alpha value is -0.769. The lowest BCUT2D eigenvalue weighted by molar-refractivity contribution is -0.0383. The fraction of sp³-hybridized carbons (Fsp3) is 0.737. The van der Waals surface area contributed by atoms with E-state index >= 15 is 0 Å². The molecule has 2 aromatic rings. The molecular weight excluding hydrogens is 463 g/mol. The van der Waals surface area contributed by atoms with Crippen LogP contribution >= 0.6 is 11.8 Å². The van der Waals surface area contributed by atoms with Gasteiger partial charge in [0.25, 0.3) is 0 Å². The normalized spacial score (nSPS) is 26.4. The molecule has 1 saturated heterocycles. The molecule has 12 heteroatoms. The molecular formula is C19H35N5O3SSi3. The monoisotopic (exact) mass is 497 g/mol. The van der Waals surface area contributed by atoms with E-state index in [0.717, 1.165) is 22.1 Å². The van der Waals surface area contributed by atoms with E-state index in [1.54, 1.807) is 18.1 Å². The van der Waals surface area contributed by atoms with Gasteiger partial charge in [-0.3, -0.25) is 4.57 Å². The van der Waals surface area contributed by atoms with Crippen LogP contribution in [-0.2, 0) is 13.6 Å². The minimum atomic E-state index is -1.77. The van der Waals surface area contributed by atoms with E-state index < -0.39 is 24.9 Å². The van der Waals surface area contributed by atoms with Crippen LogP contribution < -0.4 is 4.98 Å². The molecule has 0 spiro atoms. The highest BCUT2D eigenvalue weighted by molar-refractivity contribution is 8.00. The van der Waals surface area contributed by atoms with Crippen molar-refractivity contribution in [1.82, 2.24) is 19.5 Å². The molecule has 0 saturated carbocycles. The summed E-state index contributed by atoms with van der Waals surface area (Å²) in [7, 11) is -5.00. The second kappa shape index (κ2) is 7.92. The molecule has 4 unspecified atom stereocenters. The Kier molecular flexibility index (Phi) is 5.98. The van der Waals surface area contributed by atoms with Crippen LogP contribution in [0.2, 0.25) is 58.9 Å². The highest BCUT2D eigenvalue weighted by atomic mass is 32.2. The molecule has 0 aliphatic carbocycles. The van der Waals surface area contributed by atoms with Crippen molar-refractivity contribution < 1.29 is 13.6 Å². The Bertz CT molecular complexity index is 970. The maximum absolute atomic E-state index is 6.64. The van der Waals surface area contributed by atoms with Gasteiger partial charge < -0.3 is 18.6 Å². The van der Waals surface area contributed by atoms with E-state index in [2.05, 4.69) is 78.4 Å². The fourth-order valence-corrected chi connectivity index (χ4v) is 7.96. The first kappa shape index (κ1) is 23.4. The lowest BCUT2D eigenvalue weighted by Gasteiger charge is -2.30. The molecule has 2 aliphatic rings. The van der Waals surface area contributed by atoms with Crippen molar-refractivity contribution in [3.63, 3.8) is 0 Å². The Balaban J connectivity index is 1.67. The predicted molar refractivity (Wildman–Crippen MR) is 133 cm³/mol. The van der Waals surface area contributed by atoms with Gasteiger partial charge in [-0.25, -0.2) is 15.0 Å². The molecule has 2 aromatic heterocycles. The maximum Gasteiger partial charge on any atom is 0.184 e. The molecule has 0 aromatic carbocycles. The fourth-order valence-electron chi connectivity index (χ4n) is 3.83. The molecule has 4 heterocycles. The van der Waals surface area contributed by atoms with Crippen LogP contribution in [0.25, 0.3) is 11.2 Å². The standard InChI is InChI=1S/C19H35N5O3SSi3/c1-29(2,3)23-16-13-17(21-11-20-16)24-18-15(28-19(24)22-13)14(27-31(7,8)9)12(26-18)10-25-30(4,5)6/h11-12,14-15,18H,10H2,1-9H3,(H,20,21,23). The summed E-state index contributed by atoms with van der Waals surface area (Å²) in [5, 5.41) is 1.08. The van der Waals surface area contributed by atoms with Gasteiger partial charge in [0, 0.05) is 0 Å². The first-order valence-corrected chi connectivity index (χ1v) is 22.1. The van der Waals surface area contributed by atoms with Crippen molar-refractivity contribution in [2.24, 2.45) is 0 Å². The summed E-state index contributed by atoms with van der Waals surface area (Å²) < 4.78 is 21.6. The number of aromatic nitrogens is 4. The topological polar surface area (TPSA) is 83.3 Å². The third-order valence-electron chi connectivity index (χ3n) is 4.89. The Morgan fingerprint density at radius 3 is 2.39 bits per heavy atom. The molecule has 8 nitrogen and oxygen atoms in total. The molecule has 0 bridgehead atoms. The Morgan fingerprint density at radius 2 is 1.77 bits per heavy atom. The molecule has 4 rings (SSSR count). The number of imidazole rings is 1. The van der Waals surface area contributed by atoms with Crippen LogP contribution in [-0.4, -0.2) is 68.5 Å². The third-order valence-corrected chi connectivity index (χ3v) is 9.16. The highest BCUT2D eigenvalue weighted by Crippen LogP contribution is 2.51. The third kappa shape index (κ3) is 5.09. The summed E-state index contributed by atoms with van der Waals surface area (Å²) in [6.45, 7) is 20.6. The van der Waals surface area contributed by atoms with E-state index in [1.807, 2.05) is 0 Å². The largest absolute Gasteiger partial charge is 0.415 e. The summed E-state index contributed by atoms with van der Waals surface area (Å²) in [6.07, 6.45) is 1.36. The number of fused-ring (bicyclic) bond motifs is 5. The van der Waals surface area contributed by atoms with Gasteiger partial charge in [0.05, 0.1) is 18.0 Å². The smallest absolute Gasteiger partial charge is 0.184 e. The van der Waals surface area contributed by atoms with Gasteiger partial charge in [-0.1, -0.05) is 31.4 Å². The van der Waals surface area contributed by atoms with Crippen LogP contribution in [0.5, 0.6) is 0 Å². The van der Waals surface area contributed by atoms with Crippen LogP contribution in [0.15, 0.2) is 11.5 Å². The SMILES string of the molecule is C[Si](C)(C)Nc1ncnc2c1nc1n2C2OC(CO[Si](C)(C)C)C(O[Si](C)(C)C)C2S1. The summed E-state index contributed by atoms with van der Waals surface area (Å²) in [6, 6.07) is 0. The second-order valence-electron chi connectivity index (χ2n) is 11.3. The lowest BCUT2D eigenvalue weighted by Crippen LogP contribution is -2.43. The number of rotatable bonds is 7. The minimum Gasteiger partial charge on any atom is -0.415 e. The number of ether oxygens (including phenoxy) is 1. The lowest BCUT2D eigenvalue weighted by atomic mass is 10.2. The van der Waals surface area contributed by atoms with Gasteiger partial charge in [-0.05, 0) is 39.3 Å². The van der Waals surface area contributed by atoms with Crippen LogP contribution in [0.1, 0.15) is 6.23 Å². The number of nitrogens with one attached hydrogen (secondary N) is 1. The molecule has 31 heavy (non-hydrogen) atoms. The summed E-state index contributed by atoms with van der Waals surface area (Å²) >= 11 is 1.74. The molecule has 0 amide bonds. The molecule has 1 N–H and O–H groups in total. The van der Waals surface area contributed by atoms with E-state index in [-0.39, 0.29) is 23.7 Å². The summed E-state index contributed by atoms with van der Waals surface area (Å²) in [4.78, 5) is 17.6. The molecule has 172 valence electrons. The van der Waals surface area contributed by atoms with E-state index in [9.17, 15) is 0 Å². The number of nitrogens with zero attached hydrogens (tertiary/aromatic N) is 4. The maximum atomic E-state index is 6.64. The summed E-state index contributed by atoms with van der Waals surface area (Å²) in [5.74, 6) is 0.815. The van der Waals surface area contributed by atoms with Crippen LogP contribution in [0.3, 0.4) is 0 Å². The van der Waals surface area contributed by atoms with Crippen molar-refractivity contribution >= 4 is 53.6 Å². The number of anilines is 1. The van der Waals surface area contributed by atoms with Gasteiger partial charge in [-0.2, -0.15) is 0 Å². The highest BCUT2D eigenvalue weighted by Gasteiger charge is 2.53. The van der Waals surface area contributed by atoms with Crippen LogP contribution in [0.4, 0.5) is 5.82 Å². The zero-order valence-corrected chi connectivity index (χ0v) is 23.8. The number of hydrogen-bond acceptors (Lipinski definition) is 8. The van der Waals surface area contributed by atoms with Gasteiger partial charge in [-0.15, -0.1) is 0 Å². The van der Waals surface area contributed by atoms with Crippen molar-refractivity contribution in [2.45, 2.75) is 87.8 Å².